The molecule has 3 rings (SSSR count). The van der Waals surface area contributed by atoms with E-state index in [0.29, 0.717) is 44.1 Å². The fourth-order valence-corrected chi connectivity index (χ4v) is 2.34. The molecule has 2 heterocycles. The summed E-state index contributed by atoms with van der Waals surface area (Å²) in [6, 6.07) is 10.5. The maximum Gasteiger partial charge on any atom is 0.260 e. The highest BCUT2D eigenvalue weighted by Crippen LogP contribution is 2.24. The van der Waals surface area contributed by atoms with Crippen LogP contribution in [0.1, 0.15) is 10.6 Å². The van der Waals surface area contributed by atoms with Crippen LogP contribution >= 0.6 is 0 Å². The number of furan rings is 1. The van der Waals surface area contributed by atoms with Crippen molar-refractivity contribution in [3.8, 4) is 17.1 Å². The maximum absolute atomic E-state index is 12.0. The van der Waals surface area contributed by atoms with Crippen molar-refractivity contribution in [2.45, 2.75) is 0 Å². The van der Waals surface area contributed by atoms with Crippen molar-refractivity contribution in [1.29, 1.82) is 0 Å². The van der Waals surface area contributed by atoms with Crippen molar-refractivity contribution in [2.24, 2.45) is 0 Å². The molecule has 0 bridgehead atoms. The summed E-state index contributed by atoms with van der Waals surface area (Å²) in [7, 11) is 0. The molecule has 1 aromatic carbocycles. The normalized spacial score (nSPS) is 14.5. The summed E-state index contributed by atoms with van der Waals surface area (Å²) >= 11 is 0. The topological polar surface area (TPSA) is 69.0 Å². The molecule has 0 aliphatic carbocycles. The van der Waals surface area contributed by atoms with Gasteiger partial charge in [-0.1, -0.05) is 0 Å². The van der Waals surface area contributed by atoms with Crippen LogP contribution in [0.4, 0.5) is 0 Å². The lowest BCUT2D eigenvalue weighted by Crippen LogP contribution is -2.42. The van der Waals surface area contributed by atoms with Gasteiger partial charge < -0.3 is 18.8 Å². The Balaban J connectivity index is 1.56. The number of ether oxygens (including phenoxy) is 2. The van der Waals surface area contributed by atoms with Crippen molar-refractivity contribution >= 4 is 12.2 Å². The molecule has 1 aliphatic heterocycles. The zero-order chi connectivity index (χ0) is 16.1. The van der Waals surface area contributed by atoms with Crippen LogP contribution in [0, 0.1) is 0 Å². The smallest absolute Gasteiger partial charge is 0.260 e. The maximum atomic E-state index is 12.0. The number of morpholine rings is 1. The summed E-state index contributed by atoms with van der Waals surface area (Å²) in [5.74, 6) is 1.47. The quantitative estimate of drug-likeness (QED) is 0.789. The third kappa shape index (κ3) is 3.78. The highest BCUT2D eigenvalue weighted by Gasteiger charge is 2.17. The Labute approximate surface area is 133 Å². The fraction of sp³-hybridized carbons (Fsp3) is 0.294. The number of carbonyl (C=O) groups excluding carboxylic acids is 2. The zero-order valence-corrected chi connectivity index (χ0v) is 12.6. The molecule has 0 atom stereocenters. The first-order chi connectivity index (χ1) is 11.3. The number of amides is 1. The van der Waals surface area contributed by atoms with Gasteiger partial charge in [-0.15, -0.1) is 0 Å². The number of hydrogen-bond donors (Lipinski definition) is 0. The van der Waals surface area contributed by atoms with E-state index in [9.17, 15) is 9.59 Å². The van der Waals surface area contributed by atoms with Crippen LogP contribution in [-0.2, 0) is 9.53 Å². The molecule has 0 unspecified atom stereocenters. The van der Waals surface area contributed by atoms with Crippen molar-refractivity contribution in [3.63, 3.8) is 0 Å². The van der Waals surface area contributed by atoms with E-state index < -0.39 is 0 Å². The molecule has 1 amide bonds. The van der Waals surface area contributed by atoms with E-state index in [-0.39, 0.29) is 18.3 Å². The highest BCUT2D eigenvalue weighted by molar-refractivity contribution is 5.78. The first kappa shape index (κ1) is 15.3. The molecule has 120 valence electrons. The number of carbonyl (C=O) groups is 2. The van der Waals surface area contributed by atoms with Gasteiger partial charge in [-0.25, -0.2) is 0 Å². The van der Waals surface area contributed by atoms with Gasteiger partial charge in [0.2, 0.25) is 0 Å². The van der Waals surface area contributed by atoms with Crippen molar-refractivity contribution in [3.05, 3.63) is 42.2 Å². The Morgan fingerprint density at radius 3 is 2.52 bits per heavy atom. The predicted molar refractivity (Wildman–Crippen MR) is 82.4 cm³/mol. The summed E-state index contributed by atoms with van der Waals surface area (Å²) in [6.45, 7) is 2.38. The van der Waals surface area contributed by atoms with Crippen LogP contribution < -0.4 is 4.74 Å². The number of aldehydes is 1. The molecule has 1 fully saturated rings. The predicted octanol–water partition coefficient (Wildman–Crippen LogP) is 2.00. The minimum Gasteiger partial charge on any atom is -0.484 e. The van der Waals surface area contributed by atoms with Gasteiger partial charge in [-0.2, -0.15) is 0 Å². The standard InChI is InChI=1S/C17H17NO5/c19-11-15-5-6-16(23-15)13-1-3-14(4-2-13)22-12-17(20)18-7-9-21-10-8-18/h1-6,11H,7-10,12H2. The Morgan fingerprint density at radius 2 is 1.87 bits per heavy atom. The van der Waals surface area contributed by atoms with E-state index in [1.165, 1.54) is 0 Å². The number of benzene rings is 1. The summed E-state index contributed by atoms with van der Waals surface area (Å²) in [4.78, 5) is 24.4. The van der Waals surface area contributed by atoms with Gasteiger partial charge in [0.15, 0.2) is 18.7 Å². The molecule has 6 nitrogen and oxygen atoms in total. The number of hydrogen-bond acceptors (Lipinski definition) is 5. The number of rotatable bonds is 5. The molecule has 0 spiro atoms. The lowest BCUT2D eigenvalue weighted by molar-refractivity contribution is -0.137. The van der Waals surface area contributed by atoms with Crippen LogP contribution in [0.2, 0.25) is 0 Å². The average Bonchev–Trinajstić information content (AvgIpc) is 3.10. The molecule has 1 aromatic heterocycles. The first-order valence-corrected chi connectivity index (χ1v) is 7.40. The SMILES string of the molecule is O=Cc1ccc(-c2ccc(OCC(=O)N3CCOCC3)cc2)o1. The van der Waals surface area contributed by atoms with Gasteiger partial charge in [-0.3, -0.25) is 9.59 Å². The van der Waals surface area contributed by atoms with Gasteiger partial charge in [-0.05, 0) is 36.4 Å². The summed E-state index contributed by atoms with van der Waals surface area (Å²) < 4.78 is 16.1. The van der Waals surface area contributed by atoms with Crippen LogP contribution in [0.3, 0.4) is 0 Å². The van der Waals surface area contributed by atoms with Crippen molar-refractivity contribution < 1.29 is 23.5 Å². The first-order valence-electron chi connectivity index (χ1n) is 7.40. The Bertz CT molecular complexity index is 671. The van der Waals surface area contributed by atoms with Gasteiger partial charge in [0.25, 0.3) is 5.91 Å². The van der Waals surface area contributed by atoms with Gasteiger partial charge in [0, 0.05) is 18.7 Å². The van der Waals surface area contributed by atoms with Crippen LogP contribution in [0.5, 0.6) is 5.75 Å². The van der Waals surface area contributed by atoms with E-state index in [0.717, 1.165) is 5.56 Å². The largest absolute Gasteiger partial charge is 0.484 e. The van der Waals surface area contributed by atoms with Gasteiger partial charge >= 0.3 is 0 Å². The van der Waals surface area contributed by atoms with E-state index >= 15 is 0 Å². The molecule has 6 heteroatoms. The zero-order valence-electron chi connectivity index (χ0n) is 12.6. The Kier molecular flexibility index (Phi) is 4.73. The molecule has 23 heavy (non-hydrogen) atoms. The fourth-order valence-electron chi connectivity index (χ4n) is 2.34. The molecule has 0 N–H and O–H groups in total. The molecular formula is C17H17NO5. The lowest BCUT2D eigenvalue weighted by atomic mass is 10.2. The summed E-state index contributed by atoms with van der Waals surface area (Å²) in [5, 5.41) is 0. The molecule has 1 aliphatic rings. The third-order valence-corrected chi connectivity index (χ3v) is 3.61. The molecular weight excluding hydrogens is 298 g/mol. The monoisotopic (exact) mass is 315 g/mol. The van der Waals surface area contributed by atoms with E-state index in [1.54, 1.807) is 29.2 Å². The van der Waals surface area contributed by atoms with E-state index in [4.69, 9.17) is 13.9 Å². The molecule has 1 saturated heterocycles. The van der Waals surface area contributed by atoms with Crippen molar-refractivity contribution in [1.82, 2.24) is 4.90 Å². The summed E-state index contributed by atoms with van der Waals surface area (Å²) in [6.07, 6.45) is 0.665. The van der Waals surface area contributed by atoms with Gasteiger partial charge in [0.05, 0.1) is 13.2 Å². The summed E-state index contributed by atoms with van der Waals surface area (Å²) in [5.41, 5.74) is 0.838. The van der Waals surface area contributed by atoms with Crippen LogP contribution in [-0.4, -0.2) is 50.0 Å². The van der Waals surface area contributed by atoms with Crippen LogP contribution in [0.15, 0.2) is 40.8 Å². The lowest BCUT2D eigenvalue weighted by Gasteiger charge is -2.26. The minimum atomic E-state index is -0.0426. The second kappa shape index (κ2) is 7.11. The molecule has 0 saturated carbocycles. The van der Waals surface area contributed by atoms with Crippen LogP contribution in [0.25, 0.3) is 11.3 Å². The Morgan fingerprint density at radius 1 is 1.13 bits per heavy atom. The number of nitrogens with zero attached hydrogens (tertiary/aromatic N) is 1. The molecule has 0 radical (unpaired) electrons. The van der Waals surface area contributed by atoms with Gasteiger partial charge in [0.1, 0.15) is 11.5 Å². The second-order valence-corrected chi connectivity index (χ2v) is 5.13. The second-order valence-electron chi connectivity index (χ2n) is 5.13. The Hall–Kier alpha value is -2.60. The van der Waals surface area contributed by atoms with E-state index in [1.807, 2.05) is 12.1 Å². The highest BCUT2D eigenvalue weighted by atomic mass is 16.5. The molecule has 2 aromatic rings. The van der Waals surface area contributed by atoms with E-state index in [2.05, 4.69) is 0 Å². The third-order valence-electron chi connectivity index (χ3n) is 3.61. The average molecular weight is 315 g/mol. The van der Waals surface area contributed by atoms with Crippen molar-refractivity contribution in [2.75, 3.05) is 32.9 Å². The minimum absolute atomic E-state index is 0.00931.